The Morgan fingerprint density at radius 1 is 1.27 bits per heavy atom. The molecule has 1 N–H and O–H groups in total. The van der Waals surface area contributed by atoms with Gasteiger partial charge in [-0.3, -0.25) is 0 Å². The molecule has 1 rings (SSSR count). The summed E-state index contributed by atoms with van der Waals surface area (Å²) in [5.74, 6) is 1.16. The summed E-state index contributed by atoms with van der Waals surface area (Å²) in [6.07, 6.45) is 7.86. The molecule has 0 aromatic heterocycles. The first-order valence-electron chi connectivity index (χ1n) is 6.01. The number of piperidine rings is 1. The third-order valence-corrected chi connectivity index (χ3v) is 3.88. The third-order valence-electron chi connectivity index (χ3n) is 2.59. The second-order valence-corrected chi connectivity index (χ2v) is 5.77. The Morgan fingerprint density at radius 2 is 2.00 bits per heavy atom. The number of hydrogen-bond donors (Lipinski definition) is 1. The van der Waals surface area contributed by atoms with E-state index >= 15 is 0 Å². The molecule has 0 aromatic carbocycles. The van der Waals surface area contributed by atoms with Crippen molar-refractivity contribution in [2.75, 3.05) is 18.8 Å². The maximum absolute atomic E-state index is 5.29. The van der Waals surface area contributed by atoms with Crippen LogP contribution in [0.25, 0.3) is 0 Å². The molecule has 15 heavy (non-hydrogen) atoms. The zero-order valence-corrected chi connectivity index (χ0v) is 11.3. The van der Waals surface area contributed by atoms with Crippen LogP contribution in [-0.2, 0) is 0 Å². The molecule has 0 unspecified atom stereocenters. The van der Waals surface area contributed by atoms with E-state index in [0.717, 1.165) is 23.2 Å². The molecule has 0 aromatic rings. The van der Waals surface area contributed by atoms with Crippen molar-refractivity contribution in [1.29, 1.82) is 0 Å². The summed E-state index contributed by atoms with van der Waals surface area (Å²) in [6, 6.07) is 0. The first-order chi connectivity index (χ1) is 7.33. The number of unbranched alkanes of at least 4 members (excludes halogenated alkanes) is 2. The first-order valence-corrected chi connectivity index (χ1v) is 7.40. The van der Waals surface area contributed by atoms with Gasteiger partial charge in [-0.1, -0.05) is 50.2 Å². The largest absolute Gasteiger partial charge is 0.304 e. The van der Waals surface area contributed by atoms with Crippen LogP contribution in [0.2, 0.25) is 0 Å². The second-order valence-electron chi connectivity index (χ2n) is 4.00. The Labute approximate surface area is 103 Å². The Balaban J connectivity index is 2.01. The molecule has 1 aliphatic heterocycles. The average molecular weight is 246 g/mol. The lowest BCUT2D eigenvalue weighted by atomic mass is 10.2. The molecule has 0 radical (unpaired) electrons. The Hall–Kier alpha value is 0.200. The van der Waals surface area contributed by atoms with Crippen molar-refractivity contribution in [2.24, 2.45) is 0 Å². The van der Waals surface area contributed by atoms with Crippen LogP contribution in [0.4, 0.5) is 0 Å². The highest BCUT2D eigenvalue weighted by atomic mass is 32.2. The van der Waals surface area contributed by atoms with Crippen molar-refractivity contribution in [2.45, 2.75) is 45.4 Å². The van der Waals surface area contributed by atoms with Gasteiger partial charge in [0, 0.05) is 18.8 Å². The Kier molecular flexibility index (Phi) is 7.40. The minimum atomic E-state index is 0.952. The minimum absolute atomic E-state index is 0.952. The van der Waals surface area contributed by atoms with Gasteiger partial charge in [-0.2, -0.15) is 0 Å². The van der Waals surface area contributed by atoms with Crippen LogP contribution in [0.3, 0.4) is 0 Å². The standard InChI is InChI=1S/C11H22N2S2/c1-2-3-7-10-15-11(14)12-13-8-5-4-6-9-13/h2-10H2,1H3,(H,12,14). The number of rotatable bonds is 5. The predicted octanol–water partition coefficient (Wildman–Crippen LogP) is 3.19. The van der Waals surface area contributed by atoms with Crippen LogP contribution in [0.15, 0.2) is 0 Å². The molecule has 4 heteroatoms. The van der Waals surface area contributed by atoms with Crippen LogP contribution in [-0.4, -0.2) is 28.2 Å². The Bertz CT molecular complexity index is 179. The lowest BCUT2D eigenvalue weighted by Crippen LogP contribution is -2.43. The summed E-state index contributed by atoms with van der Waals surface area (Å²) in [6.45, 7) is 4.53. The molecule has 1 saturated heterocycles. The molecule has 0 saturated carbocycles. The Morgan fingerprint density at radius 3 is 2.67 bits per heavy atom. The predicted molar refractivity (Wildman–Crippen MR) is 73.1 cm³/mol. The SMILES string of the molecule is CCCCCSC(=S)NN1CCCCC1. The van der Waals surface area contributed by atoms with E-state index in [0.29, 0.717) is 0 Å². The highest BCUT2D eigenvalue weighted by Crippen LogP contribution is 2.10. The van der Waals surface area contributed by atoms with Gasteiger partial charge in [-0.05, 0) is 19.3 Å². The van der Waals surface area contributed by atoms with Crippen LogP contribution in [0.5, 0.6) is 0 Å². The normalized spacial score (nSPS) is 17.7. The van der Waals surface area contributed by atoms with Gasteiger partial charge in [0.15, 0.2) is 0 Å². The van der Waals surface area contributed by atoms with E-state index in [1.807, 2.05) is 0 Å². The van der Waals surface area contributed by atoms with E-state index in [1.165, 1.54) is 38.5 Å². The first kappa shape index (κ1) is 13.3. The van der Waals surface area contributed by atoms with Crippen molar-refractivity contribution in [1.82, 2.24) is 10.4 Å². The number of hydrazine groups is 1. The lowest BCUT2D eigenvalue weighted by molar-refractivity contribution is 0.197. The minimum Gasteiger partial charge on any atom is -0.304 e. The van der Waals surface area contributed by atoms with E-state index in [-0.39, 0.29) is 0 Å². The molecule has 1 aliphatic rings. The van der Waals surface area contributed by atoms with Gasteiger partial charge in [0.1, 0.15) is 4.32 Å². The van der Waals surface area contributed by atoms with E-state index in [4.69, 9.17) is 12.2 Å². The number of thioether (sulfide) groups is 1. The molecule has 0 atom stereocenters. The van der Waals surface area contributed by atoms with E-state index < -0.39 is 0 Å². The van der Waals surface area contributed by atoms with Crippen molar-refractivity contribution >= 4 is 28.3 Å². The molecule has 0 amide bonds. The van der Waals surface area contributed by atoms with Crippen molar-refractivity contribution in [3.05, 3.63) is 0 Å². The number of hydrogen-bond acceptors (Lipinski definition) is 3. The van der Waals surface area contributed by atoms with Gasteiger partial charge in [-0.25, -0.2) is 5.01 Å². The summed E-state index contributed by atoms with van der Waals surface area (Å²) in [5.41, 5.74) is 3.32. The van der Waals surface area contributed by atoms with Crippen molar-refractivity contribution in [3.8, 4) is 0 Å². The maximum atomic E-state index is 5.29. The van der Waals surface area contributed by atoms with Crippen LogP contribution >= 0.6 is 24.0 Å². The summed E-state index contributed by atoms with van der Waals surface area (Å²) < 4.78 is 0.952. The zero-order valence-electron chi connectivity index (χ0n) is 9.63. The fourth-order valence-corrected chi connectivity index (χ4v) is 2.79. The molecule has 88 valence electrons. The van der Waals surface area contributed by atoms with Gasteiger partial charge in [0.05, 0.1) is 0 Å². The molecular formula is C11H22N2S2. The molecule has 0 spiro atoms. The number of nitrogens with one attached hydrogen (secondary N) is 1. The van der Waals surface area contributed by atoms with Crippen LogP contribution in [0, 0.1) is 0 Å². The highest BCUT2D eigenvalue weighted by Gasteiger charge is 2.10. The second kappa shape index (κ2) is 8.36. The summed E-state index contributed by atoms with van der Waals surface area (Å²) in [5, 5.41) is 2.26. The fourth-order valence-electron chi connectivity index (χ4n) is 1.68. The molecule has 1 fully saturated rings. The highest BCUT2D eigenvalue weighted by molar-refractivity contribution is 8.22. The maximum Gasteiger partial charge on any atom is 0.148 e. The number of nitrogens with zero attached hydrogens (tertiary/aromatic N) is 1. The van der Waals surface area contributed by atoms with Gasteiger partial charge in [0.25, 0.3) is 0 Å². The van der Waals surface area contributed by atoms with Gasteiger partial charge >= 0.3 is 0 Å². The van der Waals surface area contributed by atoms with Gasteiger partial charge < -0.3 is 5.43 Å². The fraction of sp³-hybridized carbons (Fsp3) is 0.909. The average Bonchev–Trinajstić information content (AvgIpc) is 2.26. The van der Waals surface area contributed by atoms with Gasteiger partial charge in [0.2, 0.25) is 0 Å². The topological polar surface area (TPSA) is 15.3 Å². The van der Waals surface area contributed by atoms with E-state index in [1.54, 1.807) is 11.8 Å². The molecule has 2 nitrogen and oxygen atoms in total. The summed E-state index contributed by atoms with van der Waals surface area (Å²) in [4.78, 5) is 0. The quantitative estimate of drug-likeness (QED) is 0.592. The zero-order chi connectivity index (χ0) is 10.9. The van der Waals surface area contributed by atoms with Crippen LogP contribution in [0.1, 0.15) is 45.4 Å². The molecule has 0 bridgehead atoms. The summed E-state index contributed by atoms with van der Waals surface area (Å²) >= 11 is 7.08. The van der Waals surface area contributed by atoms with E-state index in [9.17, 15) is 0 Å². The molecule has 0 aliphatic carbocycles. The number of thiocarbonyl (C=S) groups is 1. The third kappa shape index (κ3) is 6.38. The van der Waals surface area contributed by atoms with Crippen molar-refractivity contribution < 1.29 is 0 Å². The van der Waals surface area contributed by atoms with Crippen molar-refractivity contribution in [3.63, 3.8) is 0 Å². The smallest absolute Gasteiger partial charge is 0.148 e. The molecular weight excluding hydrogens is 224 g/mol. The van der Waals surface area contributed by atoms with Gasteiger partial charge in [-0.15, -0.1) is 0 Å². The molecule has 1 heterocycles. The summed E-state index contributed by atoms with van der Waals surface area (Å²) in [7, 11) is 0. The monoisotopic (exact) mass is 246 g/mol. The van der Waals surface area contributed by atoms with Crippen LogP contribution < -0.4 is 5.43 Å². The van der Waals surface area contributed by atoms with E-state index in [2.05, 4.69) is 17.4 Å². The lowest BCUT2D eigenvalue weighted by Gasteiger charge is -2.27.